The van der Waals surface area contributed by atoms with Crippen molar-refractivity contribution >= 4 is 5.97 Å². The molecule has 0 bridgehead atoms. The van der Waals surface area contributed by atoms with Crippen LogP contribution in [0.4, 0.5) is 0 Å². The molecule has 0 saturated carbocycles. The van der Waals surface area contributed by atoms with E-state index in [1.165, 1.54) is 6.08 Å². The molecule has 1 aromatic carbocycles. The Morgan fingerprint density at radius 3 is 2.52 bits per heavy atom. The minimum atomic E-state index is -1.15. The fourth-order valence-corrected chi connectivity index (χ4v) is 2.49. The second kappa shape index (κ2) is 7.23. The van der Waals surface area contributed by atoms with Crippen LogP contribution >= 0.6 is 0 Å². The van der Waals surface area contributed by atoms with Gasteiger partial charge in [0.25, 0.3) is 0 Å². The highest BCUT2D eigenvalue weighted by Gasteiger charge is 2.48. The van der Waals surface area contributed by atoms with E-state index in [-0.39, 0.29) is 0 Å². The van der Waals surface area contributed by atoms with E-state index in [4.69, 9.17) is 14.2 Å². The molecule has 23 heavy (non-hydrogen) atoms. The van der Waals surface area contributed by atoms with Crippen molar-refractivity contribution < 1.29 is 29.2 Å². The van der Waals surface area contributed by atoms with Crippen LogP contribution in [0.25, 0.3) is 0 Å². The molecule has 1 aromatic rings. The van der Waals surface area contributed by atoms with Crippen molar-refractivity contribution in [2.24, 2.45) is 0 Å². The summed E-state index contributed by atoms with van der Waals surface area (Å²) in [5.41, 5.74) is 0.400. The van der Waals surface area contributed by atoms with Crippen LogP contribution in [0.15, 0.2) is 43.0 Å². The van der Waals surface area contributed by atoms with Crippen molar-refractivity contribution in [3.05, 3.63) is 48.6 Å². The van der Waals surface area contributed by atoms with E-state index in [1.54, 1.807) is 44.2 Å². The summed E-state index contributed by atoms with van der Waals surface area (Å²) in [7, 11) is 0. The Morgan fingerprint density at radius 1 is 1.35 bits per heavy atom. The fourth-order valence-electron chi connectivity index (χ4n) is 2.49. The Labute approximate surface area is 135 Å². The quantitative estimate of drug-likeness (QED) is 0.606. The molecular weight excluding hydrogens is 300 g/mol. The van der Waals surface area contributed by atoms with Gasteiger partial charge in [0, 0.05) is 0 Å². The van der Waals surface area contributed by atoms with Gasteiger partial charge in [-0.1, -0.05) is 24.8 Å². The number of esters is 1. The predicted octanol–water partition coefficient (Wildman–Crippen LogP) is 1.27. The number of hydrogen-bond acceptors (Lipinski definition) is 6. The average Bonchev–Trinajstić information content (AvgIpc) is 2.88. The van der Waals surface area contributed by atoms with E-state index in [2.05, 4.69) is 6.58 Å². The van der Waals surface area contributed by atoms with E-state index < -0.39 is 42.8 Å². The van der Waals surface area contributed by atoms with Crippen molar-refractivity contribution in [1.82, 2.24) is 0 Å². The number of aliphatic hydroxyl groups excluding tert-OH is 2. The van der Waals surface area contributed by atoms with Gasteiger partial charge < -0.3 is 24.4 Å². The van der Waals surface area contributed by atoms with Gasteiger partial charge in [0.1, 0.15) is 24.4 Å². The Hall–Kier alpha value is -1.73. The second-order valence-electron chi connectivity index (χ2n) is 5.79. The van der Waals surface area contributed by atoms with Gasteiger partial charge in [0.15, 0.2) is 5.79 Å². The molecule has 0 amide bonds. The van der Waals surface area contributed by atoms with Crippen LogP contribution in [-0.4, -0.2) is 53.0 Å². The van der Waals surface area contributed by atoms with Gasteiger partial charge >= 0.3 is 5.97 Å². The second-order valence-corrected chi connectivity index (χ2v) is 5.79. The minimum Gasteiger partial charge on any atom is -0.452 e. The first kappa shape index (κ1) is 17.6. The average molecular weight is 322 g/mol. The molecule has 0 aliphatic carbocycles. The highest BCUT2D eigenvalue weighted by molar-refractivity contribution is 5.89. The summed E-state index contributed by atoms with van der Waals surface area (Å²) in [6, 6.07) is 8.54. The Kier molecular flexibility index (Phi) is 5.54. The Balaban J connectivity index is 2.15. The zero-order valence-corrected chi connectivity index (χ0v) is 13.2. The van der Waals surface area contributed by atoms with Crippen molar-refractivity contribution in [2.45, 2.75) is 44.1 Å². The molecule has 0 aromatic heterocycles. The standard InChI is InChI=1S/C17H22O6/c1-4-13(21-16(20)11-8-6-5-7-9-11)15-14(12(19)10-18)22-17(2,3)23-15/h4-9,12-15,18-19H,1,10H2,2-3H3/t12-,13+,14+,15+/m1/s1. The molecule has 1 aliphatic heterocycles. The molecule has 1 heterocycles. The first-order chi connectivity index (χ1) is 10.9. The van der Waals surface area contributed by atoms with E-state index in [9.17, 15) is 15.0 Å². The van der Waals surface area contributed by atoms with Crippen LogP contribution in [0.5, 0.6) is 0 Å². The van der Waals surface area contributed by atoms with E-state index in [0.717, 1.165) is 0 Å². The number of aliphatic hydroxyl groups is 2. The molecule has 0 spiro atoms. The first-order valence-corrected chi connectivity index (χ1v) is 7.41. The molecule has 1 aliphatic rings. The van der Waals surface area contributed by atoms with Gasteiger partial charge in [0.2, 0.25) is 0 Å². The summed E-state index contributed by atoms with van der Waals surface area (Å²) >= 11 is 0. The van der Waals surface area contributed by atoms with Crippen molar-refractivity contribution in [3.63, 3.8) is 0 Å². The SMILES string of the molecule is C=C[C@H](OC(=O)c1ccccc1)[C@@H]1OC(C)(C)O[C@H]1[C@H](O)CO. The first-order valence-electron chi connectivity index (χ1n) is 7.41. The van der Waals surface area contributed by atoms with Crippen molar-refractivity contribution in [3.8, 4) is 0 Å². The van der Waals surface area contributed by atoms with Crippen LogP contribution in [0, 0.1) is 0 Å². The maximum atomic E-state index is 12.2. The zero-order valence-electron chi connectivity index (χ0n) is 13.2. The monoisotopic (exact) mass is 322 g/mol. The van der Waals surface area contributed by atoms with Gasteiger partial charge in [-0.05, 0) is 32.1 Å². The van der Waals surface area contributed by atoms with Gasteiger partial charge in [-0.25, -0.2) is 4.79 Å². The maximum absolute atomic E-state index is 12.2. The van der Waals surface area contributed by atoms with E-state index in [1.807, 2.05) is 0 Å². The molecule has 126 valence electrons. The van der Waals surface area contributed by atoms with Gasteiger partial charge in [-0.3, -0.25) is 0 Å². The zero-order chi connectivity index (χ0) is 17.0. The molecule has 6 heteroatoms. The van der Waals surface area contributed by atoms with Crippen LogP contribution < -0.4 is 0 Å². The fraction of sp³-hybridized carbons (Fsp3) is 0.471. The normalized spacial score (nSPS) is 25.6. The lowest BCUT2D eigenvalue weighted by molar-refractivity contribution is -0.160. The Morgan fingerprint density at radius 2 is 1.96 bits per heavy atom. The molecule has 0 unspecified atom stereocenters. The lowest BCUT2D eigenvalue weighted by atomic mass is 10.0. The number of ether oxygens (including phenoxy) is 3. The molecule has 2 N–H and O–H groups in total. The Bertz CT molecular complexity index is 541. The third-order valence-electron chi connectivity index (χ3n) is 3.54. The van der Waals surface area contributed by atoms with Crippen molar-refractivity contribution in [2.75, 3.05) is 6.61 Å². The van der Waals surface area contributed by atoms with Crippen LogP contribution in [-0.2, 0) is 14.2 Å². The third kappa shape index (κ3) is 4.17. The molecule has 6 nitrogen and oxygen atoms in total. The summed E-state index contributed by atoms with van der Waals surface area (Å²) in [5, 5.41) is 19.1. The number of rotatable bonds is 6. The predicted molar refractivity (Wildman–Crippen MR) is 82.8 cm³/mol. The van der Waals surface area contributed by atoms with Crippen LogP contribution in [0.2, 0.25) is 0 Å². The molecule has 2 rings (SSSR count). The largest absolute Gasteiger partial charge is 0.452 e. The smallest absolute Gasteiger partial charge is 0.338 e. The summed E-state index contributed by atoms with van der Waals surface area (Å²) in [6.07, 6.45) is -2.15. The summed E-state index contributed by atoms with van der Waals surface area (Å²) < 4.78 is 16.8. The number of hydrogen-bond donors (Lipinski definition) is 2. The molecule has 0 radical (unpaired) electrons. The van der Waals surface area contributed by atoms with Gasteiger partial charge in [-0.2, -0.15) is 0 Å². The minimum absolute atomic E-state index is 0.400. The summed E-state index contributed by atoms with van der Waals surface area (Å²) in [6.45, 7) is 6.54. The number of carbonyl (C=O) groups is 1. The lowest BCUT2D eigenvalue weighted by Crippen LogP contribution is -2.44. The number of benzene rings is 1. The topological polar surface area (TPSA) is 85.2 Å². The molecular formula is C17H22O6. The van der Waals surface area contributed by atoms with Crippen LogP contribution in [0.1, 0.15) is 24.2 Å². The molecule has 1 fully saturated rings. The lowest BCUT2D eigenvalue weighted by Gasteiger charge is -2.26. The highest BCUT2D eigenvalue weighted by atomic mass is 16.8. The van der Waals surface area contributed by atoms with E-state index >= 15 is 0 Å². The van der Waals surface area contributed by atoms with Crippen molar-refractivity contribution in [1.29, 1.82) is 0 Å². The molecule has 1 saturated heterocycles. The molecule has 4 atom stereocenters. The summed E-state index contributed by atoms with van der Waals surface area (Å²) in [4.78, 5) is 12.2. The van der Waals surface area contributed by atoms with Gasteiger partial charge in [0.05, 0.1) is 12.2 Å². The maximum Gasteiger partial charge on any atom is 0.338 e. The van der Waals surface area contributed by atoms with Crippen LogP contribution in [0.3, 0.4) is 0 Å². The van der Waals surface area contributed by atoms with E-state index in [0.29, 0.717) is 5.56 Å². The van der Waals surface area contributed by atoms with Gasteiger partial charge in [-0.15, -0.1) is 0 Å². The third-order valence-corrected chi connectivity index (χ3v) is 3.54. The number of carbonyl (C=O) groups excluding carboxylic acids is 1. The summed E-state index contributed by atoms with van der Waals surface area (Å²) in [5.74, 6) is -1.49. The highest BCUT2D eigenvalue weighted by Crippen LogP contribution is 2.33.